The fourth-order valence-electron chi connectivity index (χ4n) is 1.04. The molecular formula is C9H11Br2ClS. The van der Waals surface area contributed by atoms with Gasteiger partial charge in [0.05, 0.1) is 3.79 Å². The van der Waals surface area contributed by atoms with E-state index in [9.17, 15) is 0 Å². The summed E-state index contributed by atoms with van der Waals surface area (Å²) in [5, 5.41) is 0. The lowest BCUT2D eigenvalue weighted by Crippen LogP contribution is -2.15. The van der Waals surface area contributed by atoms with Crippen LogP contribution in [-0.4, -0.2) is 5.88 Å². The van der Waals surface area contributed by atoms with E-state index in [-0.39, 0.29) is 5.41 Å². The molecule has 0 nitrogen and oxygen atoms in total. The van der Waals surface area contributed by atoms with Crippen molar-refractivity contribution in [1.29, 1.82) is 0 Å². The van der Waals surface area contributed by atoms with Crippen molar-refractivity contribution in [3.8, 4) is 0 Å². The zero-order valence-corrected chi connectivity index (χ0v) is 12.3. The van der Waals surface area contributed by atoms with Crippen LogP contribution in [0.4, 0.5) is 0 Å². The van der Waals surface area contributed by atoms with Crippen LogP contribution < -0.4 is 0 Å². The standard InChI is InChI=1S/C9H11Br2ClS/c1-9(2,3-4-12)7-5-6(10)8(11)13-7/h5H,3-4H2,1-2H3. The largest absolute Gasteiger partial charge is 0.132 e. The molecule has 0 aliphatic carbocycles. The van der Waals surface area contributed by atoms with Gasteiger partial charge in [0.25, 0.3) is 0 Å². The van der Waals surface area contributed by atoms with E-state index in [1.54, 1.807) is 11.3 Å². The first-order valence-electron chi connectivity index (χ1n) is 3.98. The number of halogens is 3. The van der Waals surface area contributed by atoms with Gasteiger partial charge in [-0.05, 0) is 44.3 Å². The number of thiophene rings is 1. The average Bonchev–Trinajstić information content (AvgIpc) is 2.33. The molecule has 0 bridgehead atoms. The van der Waals surface area contributed by atoms with E-state index in [1.807, 2.05) is 0 Å². The first kappa shape index (κ1) is 12.0. The summed E-state index contributed by atoms with van der Waals surface area (Å²) in [7, 11) is 0. The fourth-order valence-corrected chi connectivity index (χ4v) is 3.68. The third-order valence-corrected chi connectivity index (χ3v) is 5.84. The molecule has 0 aliphatic heterocycles. The van der Waals surface area contributed by atoms with E-state index < -0.39 is 0 Å². The van der Waals surface area contributed by atoms with Crippen molar-refractivity contribution in [2.75, 3.05) is 5.88 Å². The monoisotopic (exact) mass is 344 g/mol. The molecule has 0 aliphatic rings. The number of alkyl halides is 1. The van der Waals surface area contributed by atoms with Gasteiger partial charge in [-0.2, -0.15) is 0 Å². The van der Waals surface area contributed by atoms with Gasteiger partial charge in [-0.1, -0.05) is 13.8 Å². The van der Waals surface area contributed by atoms with Crippen LogP contribution in [0.2, 0.25) is 0 Å². The number of hydrogen-bond donors (Lipinski definition) is 0. The van der Waals surface area contributed by atoms with Crippen LogP contribution in [0.15, 0.2) is 14.3 Å². The normalized spacial score (nSPS) is 12.1. The molecule has 0 amide bonds. The second-order valence-electron chi connectivity index (χ2n) is 3.56. The maximum Gasteiger partial charge on any atom is 0.0843 e. The lowest BCUT2D eigenvalue weighted by Gasteiger charge is -2.21. The van der Waals surface area contributed by atoms with Gasteiger partial charge in [-0.25, -0.2) is 0 Å². The molecule has 1 aromatic heterocycles. The van der Waals surface area contributed by atoms with Gasteiger partial charge in [-0.3, -0.25) is 0 Å². The Morgan fingerprint density at radius 1 is 1.46 bits per heavy atom. The van der Waals surface area contributed by atoms with Crippen LogP contribution in [0.3, 0.4) is 0 Å². The highest BCUT2D eigenvalue weighted by atomic mass is 79.9. The van der Waals surface area contributed by atoms with E-state index in [2.05, 4.69) is 51.8 Å². The van der Waals surface area contributed by atoms with Gasteiger partial charge in [0, 0.05) is 20.6 Å². The minimum Gasteiger partial charge on any atom is -0.132 e. The molecule has 0 saturated heterocycles. The molecule has 0 unspecified atom stereocenters. The Balaban J connectivity index is 2.93. The van der Waals surface area contributed by atoms with Crippen LogP contribution >= 0.6 is 54.8 Å². The van der Waals surface area contributed by atoms with Crippen LogP contribution in [0, 0.1) is 0 Å². The summed E-state index contributed by atoms with van der Waals surface area (Å²) < 4.78 is 2.29. The molecule has 0 aromatic carbocycles. The molecule has 0 radical (unpaired) electrons. The van der Waals surface area contributed by atoms with Crippen molar-refractivity contribution in [3.63, 3.8) is 0 Å². The zero-order chi connectivity index (χ0) is 10.1. The highest BCUT2D eigenvalue weighted by Crippen LogP contribution is 2.40. The average molecular weight is 347 g/mol. The maximum absolute atomic E-state index is 5.76. The Hall–Kier alpha value is 0.950. The molecule has 74 valence electrons. The lowest BCUT2D eigenvalue weighted by molar-refractivity contribution is 0.520. The van der Waals surface area contributed by atoms with E-state index in [0.717, 1.165) is 14.7 Å². The summed E-state index contributed by atoms with van der Waals surface area (Å²) in [6, 6.07) is 2.17. The molecule has 1 aromatic rings. The smallest absolute Gasteiger partial charge is 0.0843 e. The summed E-state index contributed by atoms with van der Waals surface area (Å²) in [6.07, 6.45) is 1.01. The van der Waals surface area contributed by atoms with Crippen LogP contribution in [0.1, 0.15) is 25.1 Å². The quantitative estimate of drug-likeness (QED) is 0.662. The summed E-state index contributed by atoms with van der Waals surface area (Å²) in [5.74, 6) is 0.708. The maximum atomic E-state index is 5.76. The van der Waals surface area contributed by atoms with Crippen molar-refractivity contribution < 1.29 is 0 Å². The van der Waals surface area contributed by atoms with Crippen LogP contribution in [0.5, 0.6) is 0 Å². The van der Waals surface area contributed by atoms with Gasteiger partial charge in [0.15, 0.2) is 0 Å². The minimum atomic E-state index is 0.182. The molecule has 0 N–H and O–H groups in total. The van der Waals surface area contributed by atoms with Crippen molar-refractivity contribution in [1.82, 2.24) is 0 Å². The molecule has 0 fully saturated rings. The van der Waals surface area contributed by atoms with Crippen molar-refractivity contribution >= 4 is 54.8 Å². The van der Waals surface area contributed by atoms with Crippen LogP contribution in [-0.2, 0) is 5.41 Å². The SMILES string of the molecule is CC(C)(CCCl)c1cc(Br)c(Br)s1. The van der Waals surface area contributed by atoms with Gasteiger partial charge >= 0.3 is 0 Å². The van der Waals surface area contributed by atoms with E-state index >= 15 is 0 Å². The second kappa shape index (κ2) is 4.65. The van der Waals surface area contributed by atoms with Gasteiger partial charge in [0.1, 0.15) is 0 Å². The molecule has 1 rings (SSSR count). The molecule has 1 heterocycles. The fraction of sp³-hybridized carbons (Fsp3) is 0.556. The van der Waals surface area contributed by atoms with Crippen molar-refractivity contribution in [2.24, 2.45) is 0 Å². The Kier molecular flexibility index (Phi) is 4.30. The van der Waals surface area contributed by atoms with Crippen molar-refractivity contribution in [2.45, 2.75) is 25.7 Å². The summed E-state index contributed by atoms with van der Waals surface area (Å²) in [5.41, 5.74) is 0.182. The highest BCUT2D eigenvalue weighted by molar-refractivity contribution is 9.13. The molecule has 0 spiro atoms. The highest BCUT2D eigenvalue weighted by Gasteiger charge is 2.22. The molecular weight excluding hydrogens is 335 g/mol. The predicted molar refractivity (Wildman–Crippen MR) is 68.1 cm³/mol. The molecule has 4 heteroatoms. The third-order valence-electron chi connectivity index (χ3n) is 2.03. The Labute approximate surface area is 105 Å². The van der Waals surface area contributed by atoms with Gasteiger partial charge in [0.2, 0.25) is 0 Å². The summed E-state index contributed by atoms with van der Waals surface area (Å²) >= 11 is 14.5. The first-order valence-corrected chi connectivity index (χ1v) is 6.92. The van der Waals surface area contributed by atoms with Gasteiger partial charge in [-0.15, -0.1) is 22.9 Å². The van der Waals surface area contributed by atoms with E-state index in [0.29, 0.717) is 5.88 Å². The van der Waals surface area contributed by atoms with Crippen molar-refractivity contribution in [3.05, 3.63) is 19.2 Å². The van der Waals surface area contributed by atoms with E-state index in [4.69, 9.17) is 11.6 Å². The molecule has 13 heavy (non-hydrogen) atoms. The lowest BCUT2D eigenvalue weighted by atomic mass is 9.88. The topological polar surface area (TPSA) is 0 Å². The summed E-state index contributed by atoms with van der Waals surface area (Å²) in [6.45, 7) is 4.44. The second-order valence-corrected chi connectivity index (χ2v) is 7.16. The van der Waals surface area contributed by atoms with Gasteiger partial charge < -0.3 is 0 Å². The molecule has 0 atom stereocenters. The zero-order valence-electron chi connectivity index (χ0n) is 7.53. The van der Waals surface area contributed by atoms with Crippen LogP contribution in [0.25, 0.3) is 0 Å². The first-order chi connectivity index (χ1) is 5.97. The number of rotatable bonds is 3. The third kappa shape index (κ3) is 2.95. The minimum absolute atomic E-state index is 0.182. The Morgan fingerprint density at radius 2 is 2.08 bits per heavy atom. The van der Waals surface area contributed by atoms with E-state index in [1.165, 1.54) is 4.88 Å². The molecule has 0 saturated carbocycles. The number of hydrogen-bond acceptors (Lipinski definition) is 1. The summed E-state index contributed by atoms with van der Waals surface area (Å²) in [4.78, 5) is 1.37. The Morgan fingerprint density at radius 3 is 2.46 bits per heavy atom. The Bertz CT molecular complexity index is 274. The predicted octanol–water partition coefficient (Wildman–Crippen LogP) is 5.18.